The van der Waals surface area contributed by atoms with E-state index >= 15 is 0 Å². The maximum absolute atomic E-state index is 12.8. The zero-order valence-electron chi connectivity index (χ0n) is 16.5. The van der Waals surface area contributed by atoms with Crippen molar-refractivity contribution in [3.8, 4) is 11.5 Å². The lowest BCUT2D eigenvalue weighted by atomic mass is 9.49. The number of carbonyl (C=O) groups is 2. The minimum atomic E-state index is -0.249. The first kappa shape index (κ1) is 19.1. The van der Waals surface area contributed by atoms with Crippen molar-refractivity contribution in [1.29, 1.82) is 0 Å². The van der Waals surface area contributed by atoms with Crippen molar-refractivity contribution in [3.05, 3.63) is 24.3 Å². The predicted molar refractivity (Wildman–Crippen MR) is 105 cm³/mol. The quantitative estimate of drug-likeness (QED) is 0.706. The minimum Gasteiger partial charge on any atom is -0.494 e. The number of benzene rings is 1. The molecule has 0 radical (unpaired) electrons. The highest BCUT2D eigenvalue weighted by molar-refractivity contribution is 5.86. The molecule has 0 spiro atoms. The Hall–Kier alpha value is -2.24. The molecule has 1 aromatic carbocycles. The fourth-order valence-corrected chi connectivity index (χ4v) is 5.77. The Balaban J connectivity index is 1.19. The van der Waals surface area contributed by atoms with Crippen LogP contribution in [-0.2, 0) is 9.59 Å². The second kappa shape index (κ2) is 8.02. The highest BCUT2D eigenvalue weighted by atomic mass is 16.5. The van der Waals surface area contributed by atoms with Gasteiger partial charge in [0.25, 0.3) is 0 Å². The second-order valence-electron chi connectivity index (χ2n) is 8.70. The molecule has 4 bridgehead atoms. The summed E-state index contributed by atoms with van der Waals surface area (Å²) in [6.45, 7) is 2.81. The number of hydrogen-bond acceptors (Lipinski definition) is 4. The van der Waals surface area contributed by atoms with Gasteiger partial charge in [0.2, 0.25) is 11.8 Å². The monoisotopic (exact) mass is 386 g/mol. The van der Waals surface area contributed by atoms with Crippen LogP contribution in [0.4, 0.5) is 0 Å². The van der Waals surface area contributed by atoms with E-state index in [1.165, 1.54) is 19.3 Å². The summed E-state index contributed by atoms with van der Waals surface area (Å²) in [5, 5.41) is 0. The maximum Gasteiger partial charge on any atom is 0.244 e. The summed E-state index contributed by atoms with van der Waals surface area (Å²) in [7, 11) is 0. The smallest absolute Gasteiger partial charge is 0.244 e. The molecule has 0 heterocycles. The first-order chi connectivity index (χ1) is 13.6. The van der Waals surface area contributed by atoms with Crippen LogP contribution in [0.25, 0.3) is 0 Å². The Labute approximate surface area is 166 Å². The zero-order valence-corrected chi connectivity index (χ0v) is 16.5. The SMILES string of the molecule is CCOc1ccc(OCCC(=O)NNC(=O)C23CC4CC(CC(C4)C2)C3)cc1. The molecule has 6 nitrogen and oxygen atoms in total. The van der Waals surface area contributed by atoms with Gasteiger partial charge < -0.3 is 9.47 Å². The summed E-state index contributed by atoms with van der Waals surface area (Å²) >= 11 is 0. The van der Waals surface area contributed by atoms with E-state index in [1.54, 1.807) is 0 Å². The fraction of sp³-hybridized carbons (Fsp3) is 0.636. The van der Waals surface area contributed by atoms with Gasteiger partial charge in [0.1, 0.15) is 11.5 Å². The predicted octanol–water partition coefficient (Wildman–Crippen LogP) is 3.22. The lowest BCUT2D eigenvalue weighted by Crippen LogP contribution is -2.56. The van der Waals surface area contributed by atoms with Gasteiger partial charge in [-0.1, -0.05) is 0 Å². The molecule has 4 aliphatic rings. The largest absolute Gasteiger partial charge is 0.494 e. The number of hydrazine groups is 1. The van der Waals surface area contributed by atoms with Gasteiger partial charge in [0, 0.05) is 0 Å². The third-order valence-corrected chi connectivity index (χ3v) is 6.57. The molecule has 0 aliphatic heterocycles. The van der Waals surface area contributed by atoms with Crippen LogP contribution in [0.2, 0.25) is 0 Å². The summed E-state index contributed by atoms with van der Waals surface area (Å²) in [5.41, 5.74) is 5.03. The lowest BCUT2D eigenvalue weighted by molar-refractivity contribution is -0.149. The molecule has 0 aromatic heterocycles. The molecule has 6 heteroatoms. The van der Waals surface area contributed by atoms with Gasteiger partial charge in [0.05, 0.1) is 25.0 Å². The van der Waals surface area contributed by atoms with Gasteiger partial charge in [-0.3, -0.25) is 20.4 Å². The number of carbonyl (C=O) groups excluding carboxylic acids is 2. The summed E-state index contributed by atoms with van der Waals surface area (Å²) in [6.07, 6.45) is 7.03. The van der Waals surface area contributed by atoms with Crippen LogP contribution in [0.1, 0.15) is 51.9 Å². The number of amides is 2. The van der Waals surface area contributed by atoms with E-state index in [2.05, 4.69) is 10.9 Å². The van der Waals surface area contributed by atoms with Crippen molar-refractivity contribution in [2.75, 3.05) is 13.2 Å². The summed E-state index contributed by atoms with van der Waals surface area (Å²) < 4.78 is 11.0. The summed E-state index contributed by atoms with van der Waals surface area (Å²) in [4.78, 5) is 24.9. The molecule has 4 aliphatic carbocycles. The normalized spacial score (nSPS) is 30.0. The first-order valence-corrected chi connectivity index (χ1v) is 10.5. The van der Waals surface area contributed by atoms with Crippen LogP contribution in [0.5, 0.6) is 11.5 Å². The Morgan fingerprint density at radius 3 is 2.00 bits per heavy atom. The average molecular weight is 386 g/mol. The van der Waals surface area contributed by atoms with Crippen molar-refractivity contribution in [3.63, 3.8) is 0 Å². The molecule has 2 amide bonds. The van der Waals surface area contributed by atoms with Gasteiger partial charge >= 0.3 is 0 Å². The minimum absolute atomic E-state index is 0.00683. The first-order valence-electron chi connectivity index (χ1n) is 10.5. The molecular weight excluding hydrogens is 356 g/mol. The zero-order chi connectivity index (χ0) is 19.6. The van der Waals surface area contributed by atoms with E-state index in [9.17, 15) is 9.59 Å². The average Bonchev–Trinajstić information content (AvgIpc) is 2.66. The molecule has 0 unspecified atom stereocenters. The Morgan fingerprint density at radius 2 is 1.46 bits per heavy atom. The molecule has 0 atom stereocenters. The maximum atomic E-state index is 12.8. The summed E-state index contributed by atoms with van der Waals surface area (Å²) in [6, 6.07) is 7.31. The molecular formula is C22H30N2O4. The highest BCUT2D eigenvalue weighted by Gasteiger charge is 2.54. The molecule has 4 saturated carbocycles. The van der Waals surface area contributed by atoms with Gasteiger partial charge in [0.15, 0.2) is 0 Å². The molecule has 152 valence electrons. The lowest BCUT2D eigenvalue weighted by Gasteiger charge is -2.55. The van der Waals surface area contributed by atoms with Crippen molar-refractivity contribution < 1.29 is 19.1 Å². The van der Waals surface area contributed by atoms with E-state index in [0.29, 0.717) is 30.1 Å². The third-order valence-electron chi connectivity index (χ3n) is 6.57. The second-order valence-corrected chi connectivity index (χ2v) is 8.70. The topological polar surface area (TPSA) is 76.7 Å². The van der Waals surface area contributed by atoms with E-state index in [-0.39, 0.29) is 30.3 Å². The van der Waals surface area contributed by atoms with Gasteiger partial charge in [-0.2, -0.15) is 0 Å². The molecule has 0 saturated heterocycles. The van der Waals surface area contributed by atoms with Gasteiger partial charge in [-0.05, 0) is 87.5 Å². The number of rotatable bonds is 7. The molecule has 4 fully saturated rings. The van der Waals surface area contributed by atoms with Crippen LogP contribution in [-0.4, -0.2) is 25.0 Å². The molecule has 2 N–H and O–H groups in total. The van der Waals surface area contributed by atoms with Crippen LogP contribution in [0.15, 0.2) is 24.3 Å². The number of nitrogens with one attached hydrogen (secondary N) is 2. The molecule has 5 rings (SSSR count). The van der Waals surface area contributed by atoms with Crippen LogP contribution in [0, 0.1) is 23.2 Å². The van der Waals surface area contributed by atoms with Gasteiger partial charge in [-0.15, -0.1) is 0 Å². The van der Waals surface area contributed by atoms with Crippen molar-refractivity contribution >= 4 is 11.8 Å². The van der Waals surface area contributed by atoms with Crippen LogP contribution >= 0.6 is 0 Å². The van der Waals surface area contributed by atoms with E-state index in [1.807, 2.05) is 31.2 Å². The number of hydrogen-bond donors (Lipinski definition) is 2. The van der Waals surface area contributed by atoms with E-state index in [4.69, 9.17) is 9.47 Å². The number of ether oxygens (including phenoxy) is 2. The van der Waals surface area contributed by atoms with Crippen LogP contribution < -0.4 is 20.3 Å². The van der Waals surface area contributed by atoms with Crippen molar-refractivity contribution in [2.45, 2.75) is 51.9 Å². The van der Waals surface area contributed by atoms with Crippen molar-refractivity contribution in [1.82, 2.24) is 10.9 Å². The van der Waals surface area contributed by atoms with E-state index in [0.717, 1.165) is 25.0 Å². The van der Waals surface area contributed by atoms with Gasteiger partial charge in [-0.25, -0.2) is 0 Å². The van der Waals surface area contributed by atoms with E-state index < -0.39 is 0 Å². The van der Waals surface area contributed by atoms with Crippen molar-refractivity contribution in [2.24, 2.45) is 23.2 Å². The molecule has 1 aromatic rings. The Bertz CT molecular complexity index is 680. The summed E-state index contributed by atoms with van der Waals surface area (Å²) in [5.74, 6) is 3.37. The standard InChI is InChI=1S/C22H30N2O4/c1-2-27-18-3-5-19(6-4-18)28-8-7-20(25)23-24-21(26)22-12-15-9-16(13-22)11-17(10-15)14-22/h3-6,15-17H,2,7-14H2,1H3,(H,23,25)(H,24,26). The fourth-order valence-electron chi connectivity index (χ4n) is 5.77. The highest BCUT2D eigenvalue weighted by Crippen LogP contribution is 2.60. The molecule has 28 heavy (non-hydrogen) atoms. The Kier molecular flexibility index (Phi) is 5.47. The Morgan fingerprint density at radius 1 is 0.929 bits per heavy atom. The van der Waals surface area contributed by atoms with Crippen LogP contribution in [0.3, 0.4) is 0 Å². The third kappa shape index (κ3) is 4.10.